The molecule has 0 aliphatic carbocycles. The van der Waals surface area contributed by atoms with Gasteiger partial charge in [-0.15, -0.1) is 0 Å². The fourth-order valence-electron chi connectivity index (χ4n) is 0.681. The van der Waals surface area contributed by atoms with Gasteiger partial charge in [0, 0.05) is 19.2 Å². The van der Waals surface area contributed by atoms with E-state index in [4.69, 9.17) is 0 Å². The number of carbonyl (C=O) groups excluding carboxylic acids is 1. The zero-order valence-corrected chi connectivity index (χ0v) is 10.8. The number of carbonyl (C=O) groups is 1. The van der Waals surface area contributed by atoms with Gasteiger partial charge in [-0.2, -0.15) is 25.3 Å². The predicted molar refractivity (Wildman–Crippen MR) is 69.4 cm³/mol. The number of hydrogen-bond acceptors (Lipinski definition) is 6. The lowest BCUT2D eigenvalue weighted by Crippen LogP contribution is -2.01. The second-order valence-electron chi connectivity index (χ2n) is 2.24. The molecule has 0 amide bonds. The largest absolute Gasteiger partial charge is 0.361 e. The molecule has 1 aromatic rings. The number of thiazole rings is 1. The van der Waals surface area contributed by atoms with E-state index in [-0.39, 0.29) is 5.78 Å². The lowest BCUT2D eigenvalue weighted by Gasteiger charge is -1.95. The summed E-state index contributed by atoms with van der Waals surface area (Å²) in [5, 5.41) is 3.83. The van der Waals surface area contributed by atoms with Crippen molar-refractivity contribution in [1.29, 1.82) is 0 Å². The van der Waals surface area contributed by atoms with Crippen molar-refractivity contribution in [3.63, 3.8) is 0 Å². The van der Waals surface area contributed by atoms with Gasteiger partial charge in [0.05, 0.1) is 11.1 Å². The van der Waals surface area contributed by atoms with Gasteiger partial charge >= 0.3 is 0 Å². The molecule has 1 rings (SSSR count). The van der Waals surface area contributed by atoms with Crippen molar-refractivity contribution in [2.45, 2.75) is 6.92 Å². The van der Waals surface area contributed by atoms with E-state index in [1.807, 2.05) is 0 Å². The highest BCUT2D eigenvalue weighted by atomic mass is 32.1. The number of anilines is 1. The summed E-state index contributed by atoms with van der Waals surface area (Å²) in [5.41, 5.74) is 0. The molecule has 0 saturated heterocycles. The number of nitrogens with one attached hydrogen (secondary N) is 1. The number of thiol groups is 2. The van der Waals surface area contributed by atoms with Gasteiger partial charge in [0.1, 0.15) is 0 Å². The SMILES string of the molecule is CC(=O)c1cnc(NCCS)s1.CS. The van der Waals surface area contributed by atoms with Gasteiger partial charge in [-0.1, -0.05) is 11.3 Å². The van der Waals surface area contributed by atoms with Crippen LogP contribution in [0, 0.1) is 0 Å². The van der Waals surface area contributed by atoms with Crippen LogP contribution in [0.5, 0.6) is 0 Å². The molecule has 0 saturated carbocycles. The molecule has 0 unspecified atom stereocenters. The van der Waals surface area contributed by atoms with E-state index in [2.05, 4.69) is 35.6 Å². The molecule has 1 heterocycles. The molecule has 0 aliphatic heterocycles. The quantitative estimate of drug-likeness (QED) is 0.567. The van der Waals surface area contributed by atoms with Crippen molar-refractivity contribution in [3.8, 4) is 0 Å². The Bertz CT molecular complexity index is 275. The Morgan fingerprint density at radius 3 is 2.71 bits per heavy atom. The lowest BCUT2D eigenvalue weighted by molar-refractivity contribution is 0.102. The highest BCUT2D eigenvalue weighted by Gasteiger charge is 2.04. The fraction of sp³-hybridized carbons (Fsp3) is 0.500. The molecule has 0 bridgehead atoms. The number of nitrogens with zero attached hydrogens (tertiary/aromatic N) is 1. The van der Waals surface area contributed by atoms with Crippen molar-refractivity contribution < 1.29 is 4.79 Å². The normalized spacial score (nSPS) is 8.86. The van der Waals surface area contributed by atoms with Gasteiger partial charge in [-0.25, -0.2) is 4.98 Å². The van der Waals surface area contributed by atoms with E-state index >= 15 is 0 Å². The van der Waals surface area contributed by atoms with Crippen molar-refractivity contribution in [2.24, 2.45) is 0 Å². The number of hydrogen-bond donors (Lipinski definition) is 3. The third-order valence-corrected chi connectivity index (χ3v) is 2.52. The van der Waals surface area contributed by atoms with Crippen LogP contribution >= 0.6 is 36.6 Å². The monoisotopic (exact) mass is 250 g/mol. The Kier molecular flexibility index (Phi) is 8.02. The molecule has 1 N–H and O–H groups in total. The first-order valence-electron chi connectivity index (χ1n) is 4.00. The smallest absolute Gasteiger partial charge is 0.183 e. The Morgan fingerprint density at radius 1 is 1.64 bits per heavy atom. The molecule has 1 aromatic heterocycles. The first-order valence-corrected chi connectivity index (χ1v) is 6.34. The van der Waals surface area contributed by atoms with Crippen LogP contribution in [0.25, 0.3) is 0 Å². The van der Waals surface area contributed by atoms with Gasteiger partial charge in [0.2, 0.25) is 0 Å². The lowest BCUT2D eigenvalue weighted by atomic mass is 10.4. The average Bonchev–Trinajstić information content (AvgIpc) is 2.66. The second-order valence-corrected chi connectivity index (χ2v) is 3.71. The molecule has 0 aromatic carbocycles. The van der Waals surface area contributed by atoms with Crippen LogP contribution < -0.4 is 5.32 Å². The van der Waals surface area contributed by atoms with Crippen LogP contribution in [0.3, 0.4) is 0 Å². The van der Waals surface area contributed by atoms with Gasteiger partial charge in [-0.3, -0.25) is 4.79 Å². The molecule has 6 heteroatoms. The van der Waals surface area contributed by atoms with Crippen molar-refractivity contribution in [1.82, 2.24) is 4.98 Å². The molecule has 0 atom stereocenters. The number of Topliss-reactive ketones (excluding diaryl/α,β-unsaturated/α-hetero) is 1. The zero-order chi connectivity index (χ0) is 11.0. The minimum absolute atomic E-state index is 0.0615. The van der Waals surface area contributed by atoms with Crippen molar-refractivity contribution in [3.05, 3.63) is 11.1 Å². The van der Waals surface area contributed by atoms with Crippen LogP contribution in [-0.2, 0) is 0 Å². The van der Waals surface area contributed by atoms with Crippen LogP contribution in [0.2, 0.25) is 0 Å². The average molecular weight is 250 g/mol. The second kappa shape index (κ2) is 8.14. The first-order chi connectivity index (χ1) is 6.74. The standard InChI is InChI=1S/C7H10N2OS2.CH4S/c1-5(10)6-4-9-7(12-6)8-2-3-11;1-2/h4,11H,2-3H2,1H3,(H,8,9);2H,1H3. The van der Waals surface area contributed by atoms with Gasteiger partial charge in [0.15, 0.2) is 10.9 Å². The summed E-state index contributed by atoms with van der Waals surface area (Å²) < 4.78 is 0. The summed E-state index contributed by atoms with van der Waals surface area (Å²) in [6.07, 6.45) is 3.29. The highest BCUT2D eigenvalue weighted by molar-refractivity contribution is 7.80. The number of rotatable bonds is 4. The van der Waals surface area contributed by atoms with Crippen molar-refractivity contribution >= 4 is 47.5 Å². The summed E-state index contributed by atoms with van der Waals surface area (Å²) in [6.45, 7) is 2.31. The Hall–Kier alpha value is -0.200. The van der Waals surface area contributed by atoms with Crippen LogP contribution in [0.4, 0.5) is 5.13 Å². The predicted octanol–water partition coefficient (Wildman–Crippen LogP) is 2.23. The Morgan fingerprint density at radius 2 is 2.29 bits per heavy atom. The van der Waals surface area contributed by atoms with E-state index in [1.54, 1.807) is 12.5 Å². The summed E-state index contributed by atoms with van der Waals surface area (Å²) in [6, 6.07) is 0. The highest BCUT2D eigenvalue weighted by Crippen LogP contribution is 2.17. The summed E-state index contributed by atoms with van der Waals surface area (Å²) in [5.74, 6) is 0.820. The Labute approximate surface area is 99.1 Å². The minimum Gasteiger partial charge on any atom is -0.361 e. The van der Waals surface area contributed by atoms with Gasteiger partial charge in [0.25, 0.3) is 0 Å². The van der Waals surface area contributed by atoms with Crippen LogP contribution in [0.1, 0.15) is 16.6 Å². The number of ketones is 1. The molecule has 0 aliphatic rings. The van der Waals surface area contributed by atoms with Crippen molar-refractivity contribution in [2.75, 3.05) is 23.9 Å². The third kappa shape index (κ3) is 4.88. The van der Waals surface area contributed by atoms with E-state index < -0.39 is 0 Å². The maximum Gasteiger partial charge on any atom is 0.183 e. The fourth-order valence-corrected chi connectivity index (χ4v) is 1.53. The Balaban J connectivity index is 0.000000791. The minimum atomic E-state index is 0.0615. The summed E-state index contributed by atoms with van der Waals surface area (Å²) >= 11 is 8.95. The van der Waals surface area contributed by atoms with E-state index in [0.29, 0.717) is 4.88 Å². The van der Waals surface area contributed by atoms with E-state index in [1.165, 1.54) is 18.3 Å². The molecule has 3 nitrogen and oxygen atoms in total. The number of aromatic nitrogens is 1. The molecular formula is C8H14N2OS3. The van der Waals surface area contributed by atoms with Gasteiger partial charge < -0.3 is 5.32 Å². The molecule has 14 heavy (non-hydrogen) atoms. The van der Waals surface area contributed by atoms with Crippen LogP contribution in [-0.4, -0.2) is 29.3 Å². The zero-order valence-electron chi connectivity index (χ0n) is 8.15. The molecule has 0 spiro atoms. The van der Waals surface area contributed by atoms with E-state index in [0.717, 1.165) is 17.4 Å². The topological polar surface area (TPSA) is 42.0 Å². The maximum absolute atomic E-state index is 10.9. The molecular weight excluding hydrogens is 236 g/mol. The maximum atomic E-state index is 10.9. The van der Waals surface area contributed by atoms with Crippen LogP contribution in [0.15, 0.2) is 6.20 Å². The van der Waals surface area contributed by atoms with Gasteiger partial charge in [-0.05, 0) is 6.26 Å². The van der Waals surface area contributed by atoms with E-state index in [9.17, 15) is 4.79 Å². The summed E-state index contributed by atoms with van der Waals surface area (Å²) in [4.78, 5) is 15.6. The third-order valence-electron chi connectivity index (χ3n) is 1.24. The molecule has 80 valence electrons. The summed E-state index contributed by atoms with van der Waals surface area (Å²) in [7, 11) is 0. The first kappa shape index (κ1) is 13.8. The molecule has 0 radical (unpaired) electrons. The molecule has 0 fully saturated rings.